The SMILES string of the molecule is COCCN(C(C)CNC(C)C)C(C)C1CC1. The first-order valence-electron chi connectivity index (χ1n) is 7.04. The highest BCUT2D eigenvalue weighted by atomic mass is 16.5. The number of methoxy groups -OCH3 is 1. The van der Waals surface area contributed by atoms with Gasteiger partial charge >= 0.3 is 0 Å². The van der Waals surface area contributed by atoms with Crippen LogP contribution in [0.15, 0.2) is 0 Å². The van der Waals surface area contributed by atoms with Crippen molar-refractivity contribution < 1.29 is 4.74 Å². The molecule has 0 amide bonds. The normalized spacial score (nSPS) is 19.9. The van der Waals surface area contributed by atoms with E-state index in [1.54, 1.807) is 7.11 Å². The molecule has 1 saturated carbocycles. The Morgan fingerprint density at radius 2 is 1.88 bits per heavy atom. The van der Waals surface area contributed by atoms with Crippen molar-refractivity contribution >= 4 is 0 Å². The largest absolute Gasteiger partial charge is 0.383 e. The number of rotatable bonds is 9. The number of ether oxygens (including phenoxy) is 1. The second-order valence-electron chi connectivity index (χ2n) is 5.72. The van der Waals surface area contributed by atoms with Crippen LogP contribution in [0.3, 0.4) is 0 Å². The fourth-order valence-electron chi connectivity index (χ4n) is 2.40. The summed E-state index contributed by atoms with van der Waals surface area (Å²) in [4.78, 5) is 2.61. The average molecular weight is 242 g/mol. The quantitative estimate of drug-likeness (QED) is 0.670. The Hall–Kier alpha value is -0.120. The van der Waals surface area contributed by atoms with Gasteiger partial charge in [0.15, 0.2) is 0 Å². The molecule has 1 rings (SSSR count). The van der Waals surface area contributed by atoms with Crippen molar-refractivity contribution in [1.82, 2.24) is 10.2 Å². The van der Waals surface area contributed by atoms with Crippen LogP contribution in [0.5, 0.6) is 0 Å². The standard InChI is InChI=1S/C14H30N2O/c1-11(2)15-10-12(3)16(8-9-17-5)13(4)14-6-7-14/h11-15H,6-10H2,1-5H3. The molecule has 2 atom stereocenters. The molecule has 17 heavy (non-hydrogen) atoms. The predicted octanol–water partition coefficient (Wildman–Crippen LogP) is 2.12. The Morgan fingerprint density at radius 1 is 1.24 bits per heavy atom. The van der Waals surface area contributed by atoms with Crippen molar-refractivity contribution in [3.05, 3.63) is 0 Å². The summed E-state index contributed by atoms with van der Waals surface area (Å²) < 4.78 is 5.24. The maximum absolute atomic E-state index is 5.24. The van der Waals surface area contributed by atoms with Crippen LogP contribution in [-0.4, -0.2) is 49.8 Å². The lowest BCUT2D eigenvalue weighted by Crippen LogP contribution is -2.48. The minimum atomic E-state index is 0.568. The van der Waals surface area contributed by atoms with Crippen LogP contribution in [0.1, 0.15) is 40.5 Å². The van der Waals surface area contributed by atoms with Gasteiger partial charge in [-0.1, -0.05) is 13.8 Å². The Balaban J connectivity index is 2.41. The van der Waals surface area contributed by atoms with Gasteiger partial charge < -0.3 is 10.1 Å². The van der Waals surface area contributed by atoms with Gasteiger partial charge in [0.1, 0.15) is 0 Å². The van der Waals surface area contributed by atoms with E-state index < -0.39 is 0 Å². The Bertz CT molecular complexity index is 204. The molecule has 2 unspecified atom stereocenters. The van der Waals surface area contributed by atoms with Crippen molar-refractivity contribution in [1.29, 1.82) is 0 Å². The summed E-state index contributed by atoms with van der Waals surface area (Å²) in [6, 6.07) is 1.86. The Kier molecular flexibility index (Phi) is 6.45. The second-order valence-corrected chi connectivity index (χ2v) is 5.72. The highest BCUT2D eigenvalue weighted by molar-refractivity contribution is 4.88. The molecular weight excluding hydrogens is 212 g/mol. The highest BCUT2D eigenvalue weighted by Gasteiger charge is 2.33. The summed E-state index contributed by atoms with van der Waals surface area (Å²) in [5.74, 6) is 0.924. The van der Waals surface area contributed by atoms with Crippen molar-refractivity contribution in [3.8, 4) is 0 Å². The third-order valence-electron chi connectivity index (χ3n) is 3.77. The van der Waals surface area contributed by atoms with E-state index in [0.717, 1.165) is 25.6 Å². The lowest BCUT2D eigenvalue weighted by atomic mass is 10.1. The van der Waals surface area contributed by atoms with Crippen molar-refractivity contribution in [3.63, 3.8) is 0 Å². The van der Waals surface area contributed by atoms with Gasteiger partial charge in [-0.3, -0.25) is 4.90 Å². The number of hydrogen-bond acceptors (Lipinski definition) is 3. The zero-order chi connectivity index (χ0) is 12.8. The van der Waals surface area contributed by atoms with E-state index in [0.29, 0.717) is 18.1 Å². The van der Waals surface area contributed by atoms with Crippen LogP contribution in [0.4, 0.5) is 0 Å². The van der Waals surface area contributed by atoms with E-state index in [9.17, 15) is 0 Å². The smallest absolute Gasteiger partial charge is 0.0589 e. The second kappa shape index (κ2) is 7.34. The molecule has 1 fully saturated rings. The van der Waals surface area contributed by atoms with Gasteiger partial charge in [-0.25, -0.2) is 0 Å². The Morgan fingerprint density at radius 3 is 2.35 bits per heavy atom. The number of hydrogen-bond donors (Lipinski definition) is 1. The summed E-state index contributed by atoms with van der Waals surface area (Å²) in [5.41, 5.74) is 0. The average Bonchev–Trinajstić information content (AvgIpc) is 3.10. The fourth-order valence-corrected chi connectivity index (χ4v) is 2.40. The lowest BCUT2D eigenvalue weighted by Gasteiger charge is -2.35. The zero-order valence-electron chi connectivity index (χ0n) is 12.2. The van der Waals surface area contributed by atoms with E-state index in [1.165, 1.54) is 12.8 Å². The van der Waals surface area contributed by atoms with Crippen LogP contribution in [0, 0.1) is 5.92 Å². The summed E-state index contributed by atoms with van der Waals surface area (Å²) in [6.45, 7) is 12.1. The minimum Gasteiger partial charge on any atom is -0.383 e. The number of nitrogens with one attached hydrogen (secondary N) is 1. The fraction of sp³-hybridized carbons (Fsp3) is 1.00. The van der Waals surface area contributed by atoms with E-state index in [4.69, 9.17) is 4.74 Å². The molecule has 0 radical (unpaired) electrons. The van der Waals surface area contributed by atoms with Crippen LogP contribution < -0.4 is 5.32 Å². The number of nitrogens with zero attached hydrogens (tertiary/aromatic N) is 1. The Labute approximate surface area is 107 Å². The summed E-state index contributed by atoms with van der Waals surface area (Å²) in [7, 11) is 1.79. The first-order chi connectivity index (χ1) is 8.06. The van der Waals surface area contributed by atoms with Gasteiger partial charge in [0.25, 0.3) is 0 Å². The highest BCUT2D eigenvalue weighted by Crippen LogP contribution is 2.35. The molecular formula is C14H30N2O. The predicted molar refractivity (Wildman–Crippen MR) is 73.4 cm³/mol. The summed E-state index contributed by atoms with van der Waals surface area (Å²) in [6.07, 6.45) is 2.82. The van der Waals surface area contributed by atoms with Crippen molar-refractivity contribution in [2.45, 2.75) is 58.7 Å². The van der Waals surface area contributed by atoms with Gasteiger partial charge in [0.2, 0.25) is 0 Å². The van der Waals surface area contributed by atoms with Gasteiger partial charge in [-0.2, -0.15) is 0 Å². The molecule has 0 saturated heterocycles. The van der Waals surface area contributed by atoms with E-state index >= 15 is 0 Å². The third kappa shape index (κ3) is 5.36. The zero-order valence-corrected chi connectivity index (χ0v) is 12.2. The van der Waals surface area contributed by atoms with Crippen LogP contribution >= 0.6 is 0 Å². The molecule has 0 aromatic heterocycles. The molecule has 102 valence electrons. The molecule has 1 N–H and O–H groups in total. The minimum absolute atomic E-state index is 0.568. The molecule has 3 heteroatoms. The van der Waals surface area contributed by atoms with E-state index in [2.05, 4.69) is 37.9 Å². The molecule has 0 aromatic carbocycles. The first kappa shape index (κ1) is 14.9. The summed E-state index contributed by atoms with van der Waals surface area (Å²) >= 11 is 0. The molecule has 0 spiro atoms. The van der Waals surface area contributed by atoms with Gasteiger partial charge in [-0.15, -0.1) is 0 Å². The monoisotopic (exact) mass is 242 g/mol. The van der Waals surface area contributed by atoms with Gasteiger partial charge in [0.05, 0.1) is 6.61 Å². The lowest BCUT2D eigenvalue weighted by molar-refractivity contribution is 0.0861. The molecule has 0 heterocycles. The third-order valence-corrected chi connectivity index (χ3v) is 3.77. The molecule has 0 aliphatic heterocycles. The van der Waals surface area contributed by atoms with Gasteiger partial charge in [0, 0.05) is 38.3 Å². The van der Waals surface area contributed by atoms with Crippen molar-refractivity contribution in [2.75, 3.05) is 26.8 Å². The maximum atomic E-state index is 5.24. The summed E-state index contributed by atoms with van der Waals surface area (Å²) in [5, 5.41) is 3.53. The first-order valence-corrected chi connectivity index (χ1v) is 7.04. The van der Waals surface area contributed by atoms with E-state index in [1.807, 2.05) is 0 Å². The van der Waals surface area contributed by atoms with Crippen LogP contribution in [-0.2, 0) is 4.74 Å². The topological polar surface area (TPSA) is 24.5 Å². The molecule has 1 aliphatic carbocycles. The van der Waals surface area contributed by atoms with E-state index in [-0.39, 0.29) is 0 Å². The molecule has 0 aromatic rings. The van der Waals surface area contributed by atoms with Gasteiger partial charge in [-0.05, 0) is 32.6 Å². The molecule has 1 aliphatic rings. The van der Waals surface area contributed by atoms with Crippen molar-refractivity contribution in [2.24, 2.45) is 5.92 Å². The maximum Gasteiger partial charge on any atom is 0.0589 e. The molecule has 3 nitrogen and oxygen atoms in total. The van der Waals surface area contributed by atoms with Crippen LogP contribution in [0.2, 0.25) is 0 Å². The van der Waals surface area contributed by atoms with Crippen LogP contribution in [0.25, 0.3) is 0 Å². The molecule has 0 bridgehead atoms.